The zero-order chi connectivity index (χ0) is 26.9. The van der Waals surface area contributed by atoms with Crippen molar-refractivity contribution in [1.82, 2.24) is 14.8 Å². The van der Waals surface area contributed by atoms with E-state index in [-0.39, 0.29) is 5.75 Å². The van der Waals surface area contributed by atoms with E-state index in [1.807, 2.05) is 26.2 Å². The summed E-state index contributed by atoms with van der Waals surface area (Å²) >= 11 is 5.71. The Morgan fingerprint density at radius 2 is 1.68 bits per heavy atom. The van der Waals surface area contributed by atoms with Gasteiger partial charge >= 0.3 is 6.36 Å². The van der Waals surface area contributed by atoms with Crippen LogP contribution in [0.25, 0.3) is 17.1 Å². The van der Waals surface area contributed by atoms with E-state index in [0.717, 1.165) is 29.7 Å². The molecule has 1 aromatic heterocycles. The van der Waals surface area contributed by atoms with Gasteiger partial charge in [-0.15, -0.1) is 18.3 Å². The monoisotopic (exact) mass is 536 g/mol. The predicted molar refractivity (Wildman–Crippen MR) is 146 cm³/mol. The van der Waals surface area contributed by atoms with E-state index in [1.54, 1.807) is 0 Å². The van der Waals surface area contributed by atoms with Crippen LogP contribution >= 0.6 is 12.2 Å². The number of rotatable bonds is 9. The highest BCUT2D eigenvalue weighted by Gasteiger charge is 2.38. The molecule has 0 aliphatic heterocycles. The van der Waals surface area contributed by atoms with Gasteiger partial charge in [0.05, 0.1) is 5.69 Å². The summed E-state index contributed by atoms with van der Waals surface area (Å²) < 4.78 is 42.5. The number of aromatic nitrogens is 3. The summed E-state index contributed by atoms with van der Waals surface area (Å²) in [5.41, 5.74) is 5.18. The molecule has 4 aromatic rings. The van der Waals surface area contributed by atoms with Crippen molar-refractivity contribution in [2.24, 2.45) is 5.92 Å². The van der Waals surface area contributed by atoms with Gasteiger partial charge in [-0.1, -0.05) is 48.6 Å². The molecule has 0 bridgehead atoms. The summed E-state index contributed by atoms with van der Waals surface area (Å²) in [6, 6.07) is 22.3. The van der Waals surface area contributed by atoms with Crippen LogP contribution in [0.2, 0.25) is 0 Å². The van der Waals surface area contributed by atoms with E-state index in [4.69, 9.17) is 12.2 Å². The van der Waals surface area contributed by atoms with Crippen LogP contribution in [0.1, 0.15) is 29.9 Å². The van der Waals surface area contributed by atoms with Crippen molar-refractivity contribution in [3.63, 3.8) is 0 Å². The number of hydrogen-bond donors (Lipinski definition) is 0. The number of halogens is 3. The molecule has 3 aromatic carbocycles. The van der Waals surface area contributed by atoms with Gasteiger partial charge < -0.3 is 9.64 Å². The van der Waals surface area contributed by atoms with E-state index in [2.05, 4.69) is 56.1 Å². The Hall–Kier alpha value is -3.72. The van der Waals surface area contributed by atoms with Crippen molar-refractivity contribution in [2.75, 3.05) is 19.0 Å². The van der Waals surface area contributed by atoms with Gasteiger partial charge in [0.15, 0.2) is 5.82 Å². The fraction of sp³-hybridized carbons (Fsp3) is 0.276. The van der Waals surface area contributed by atoms with Crippen LogP contribution in [-0.4, -0.2) is 40.1 Å². The molecule has 0 N–H and O–H groups in total. The first-order valence-electron chi connectivity index (χ1n) is 12.3. The molecule has 0 saturated heterocycles. The second-order valence-corrected chi connectivity index (χ2v) is 10.3. The van der Waals surface area contributed by atoms with E-state index in [0.29, 0.717) is 23.3 Å². The second kappa shape index (κ2) is 10.6. The summed E-state index contributed by atoms with van der Waals surface area (Å²) in [5, 5.41) is 4.48. The summed E-state index contributed by atoms with van der Waals surface area (Å²) in [5.74, 6) is 1.35. The Labute approximate surface area is 224 Å². The minimum atomic E-state index is -4.72. The Morgan fingerprint density at radius 3 is 2.32 bits per heavy atom. The molecule has 0 amide bonds. The molecule has 1 aliphatic carbocycles. The van der Waals surface area contributed by atoms with Gasteiger partial charge in [0.25, 0.3) is 0 Å². The van der Waals surface area contributed by atoms with Crippen molar-refractivity contribution in [2.45, 2.75) is 31.5 Å². The number of nitrogens with zero attached hydrogens (tertiary/aromatic N) is 4. The smallest absolute Gasteiger partial charge is 0.406 e. The van der Waals surface area contributed by atoms with Crippen molar-refractivity contribution in [3.8, 4) is 22.8 Å². The van der Waals surface area contributed by atoms with Crippen molar-refractivity contribution in [3.05, 3.63) is 90.3 Å². The molecule has 1 fully saturated rings. The van der Waals surface area contributed by atoms with Crippen LogP contribution in [0.3, 0.4) is 0 Å². The summed E-state index contributed by atoms with van der Waals surface area (Å²) in [6.07, 6.45) is -0.262. The maximum Gasteiger partial charge on any atom is 0.573 e. The number of ether oxygens (including phenoxy) is 1. The third-order valence-corrected chi connectivity index (χ3v) is 7.00. The standard InChI is InChI=1S/C29H27F3N4OS/c1-35(2)23-9-3-19(4-10-23)15-26(38)16-22-17-27(22)20-5-7-21(8-6-20)28-33-18-36(34-28)24-11-13-25(14-12-24)37-29(30,31)32/h3-14,18,22,27H,15-17H2,1-2H3. The van der Waals surface area contributed by atoms with E-state index in [9.17, 15) is 13.2 Å². The van der Waals surface area contributed by atoms with E-state index >= 15 is 0 Å². The molecular formula is C29H27F3N4OS. The molecule has 5 nitrogen and oxygen atoms in total. The molecule has 0 radical (unpaired) electrons. The first-order chi connectivity index (χ1) is 18.1. The molecule has 2 unspecified atom stereocenters. The van der Waals surface area contributed by atoms with Gasteiger partial charge in [-0.2, -0.15) is 0 Å². The highest BCUT2D eigenvalue weighted by Crippen LogP contribution is 2.50. The maximum atomic E-state index is 12.4. The van der Waals surface area contributed by atoms with Crippen molar-refractivity contribution >= 4 is 22.8 Å². The molecule has 1 saturated carbocycles. The Morgan fingerprint density at radius 1 is 1.00 bits per heavy atom. The lowest BCUT2D eigenvalue weighted by atomic mass is 10.0. The first-order valence-corrected chi connectivity index (χ1v) is 12.7. The summed E-state index contributed by atoms with van der Waals surface area (Å²) in [7, 11) is 4.07. The number of anilines is 1. The summed E-state index contributed by atoms with van der Waals surface area (Å²) in [6.45, 7) is 0. The molecule has 1 heterocycles. The number of benzene rings is 3. The molecule has 5 rings (SSSR count). The zero-order valence-electron chi connectivity index (χ0n) is 21.0. The maximum absolute atomic E-state index is 12.4. The zero-order valence-corrected chi connectivity index (χ0v) is 21.8. The molecule has 2 atom stereocenters. The van der Waals surface area contributed by atoms with Crippen LogP contribution in [0, 0.1) is 5.92 Å². The van der Waals surface area contributed by atoms with Crippen LogP contribution in [0.5, 0.6) is 5.75 Å². The fourth-order valence-corrected chi connectivity index (χ4v) is 4.97. The van der Waals surface area contributed by atoms with Gasteiger partial charge in [0, 0.05) is 31.8 Å². The third kappa shape index (κ3) is 6.39. The van der Waals surface area contributed by atoms with Crippen LogP contribution < -0.4 is 9.64 Å². The van der Waals surface area contributed by atoms with Crippen LogP contribution in [0.4, 0.5) is 18.9 Å². The van der Waals surface area contributed by atoms with Gasteiger partial charge in [-0.05, 0) is 77.1 Å². The average molecular weight is 537 g/mol. The number of alkyl halides is 3. The van der Waals surface area contributed by atoms with E-state index in [1.165, 1.54) is 52.1 Å². The minimum Gasteiger partial charge on any atom is -0.406 e. The van der Waals surface area contributed by atoms with E-state index < -0.39 is 6.36 Å². The van der Waals surface area contributed by atoms with Gasteiger partial charge in [-0.25, -0.2) is 9.67 Å². The first kappa shape index (κ1) is 25.9. The molecule has 0 spiro atoms. The lowest BCUT2D eigenvalue weighted by Gasteiger charge is -2.12. The van der Waals surface area contributed by atoms with Gasteiger partial charge in [-0.3, -0.25) is 0 Å². The second-order valence-electron chi connectivity index (χ2n) is 9.76. The Balaban J connectivity index is 1.15. The lowest BCUT2D eigenvalue weighted by Crippen LogP contribution is -2.17. The molecular weight excluding hydrogens is 509 g/mol. The third-order valence-electron chi connectivity index (χ3n) is 6.69. The molecule has 9 heteroatoms. The normalized spacial score (nSPS) is 16.8. The van der Waals surface area contributed by atoms with Crippen LogP contribution in [0.15, 0.2) is 79.1 Å². The minimum absolute atomic E-state index is 0.282. The summed E-state index contributed by atoms with van der Waals surface area (Å²) in [4.78, 5) is 7.55. The predicted octanol–water partition coefficient (Wildman–Crippen LogP) is 7.01. The van der Waals surface area contributed by atoms with Crippen molar-refractivity contribution in [1.29, 1.82) is 0 Å². The number of thiocarbonyl (C=S) groups is 1. The number of hydrogen-bond acceptors (Lipinski definition) is 5. The van der Waals surface area contributed by atoms with Gasteiger partial charge in [0.1, 0.15) is 12.1 Å². The fourth-order valence-electron chi connectivity index (χ4n) is 4.59. The molecule has 196 valence electrons. The molecule has 1 aliphatic rings. The SMILES string of the molecule is CN(C)c1ccc(CC(=S)CC2CC2c2ccc(-c3ncn(-c4ccc(OC(F)(F)F)cc4)n3)cc2)cc1. The van der Waals surface area contributed by atoms with Crippen LogP contribution in [-0.2, 0) is 6.42 Å². The average Bonchev–Trinajstić information content (AvgIpc) is 3.45. The quantitative estimate of drug-likeness (QED) is 0.215. The highest BCUT2D eigenvalue weighted by molar-refractivity contribution is 7.80. The largest absolute Gasteiger partial charge is 0.573 e. The Kier molecular flexibility index (Phi) is 7.21. The van der Waals surface area contributed by atoms with Gasteiger partial charge in [0.2, 0.25) is 0 Å². The topological polar surface area (TPSA) is 43.2 Å². The highest BCUT2D eigenvalue weighted by atomic mass is 32.1. The Bertz CT molecular complexity index is 1400. The van der Waals surface area contributed by atoms with Crippen molar-refractivity contribution < 1.29 is 17.9 Å². The lowest BCUT2D eigenvalue weighted by molar-refractivity contribution is -0.274. The molecule has 38 heavy (non-hydrogen) atoms.